The summed E-state index contributed by atoms with van der Waals surface area (Å²) >= 11 is 1.36. The van der Waals surface area contributed by atoms with Crippen molar-refractivity contribution in [1.82, 2.24) is 4.98 Å². The van der Waals surface area contributed by atoms with Crippen LogP contribution in [-0.4, -0.2) is 24.0 Å². The van der Waals surface area contributed by atoms with Crippen LogP contribution in [0, 0.1) is 12.7 Å². The molecule has 132 valence electrons. The lowest BCUT2D eigenvalue weighted by molar-refractivity contribution is 0.0606. The predicted octanol–water partition coefficient (Wildman–Crippen LogP) is 4.30. The lowest BCUT2D eigenvalue weighted by Gasteiger charge is -2.07. The third-order valence-corrected chi connectivity index (χ3v) is 4.81. The summed E-state index contributed by atoms with van der Waals surface area (Å²) in [6, 6.07) is 10.2. The molecule has 1 N–H and O–H groups in total. The Morgan fingerprint density at radius 3 is 2.58 bits per heavy atom. The number of thiophene rings is 1. The molecule has 0 unspecified atom stereocenters. The molecule has 1 aromatic carbocycles. The highest BCUT2D eigenvalue weighted by atomic mass is 32.1. The average Bonchev–Trinajstić information content (AvgIpc) is 3.03. The van der Waals surface area contributed by atoms with Crippen LogP contribution in [0.2, 0.25) is 0 Å². The van der Waals surface area contributed by atoms with Gasteiger partial charge in [-0.15, -0.1) is 11.3 Å². The van der Waals surface area contributed by atoms with E-state index >= 15 is 0 Å². The number of methoxy groups -OCH3 is 1. The molecule has 0 saturated heterocycles. The molecule has 0 aliphatic carbocycles. The Morgan fingerprint density at radius 1 is 1.19 bits per heavy atom. The lowest BCUT2D eigenvalue weighted by atomic mass is 10.1. The second-order valence-electron chi connectivity index (χ2n) is 5.46. The minimum absolute atomic E-state index is 0.0690. The van der Waals surface area contributed by atoms with E-state index in [0.29, 0.717) is 10.6 Å². The van der Waals surface area contributed by atoms with Crippen LogP contribution >= 0.6 is 11.3 Å². The summed E-state index contributed by atoms with van der Waals surface area (Å²) in [4.78, 5) is 28.9. The number of aromatic nitrogens is 1. The monoisotopic (exact) mass is 370 g/mol. The number of carbonyl (C=O) groups excluding carboxylic acids is 2. The Labute approximate surface area is 153 Å². The Kier molecular flexibility index (Phi) is 5.09. The maximum Gasteiger partial charge on any atom is 0.348 e. The molecule has 7 heteroatoms. The molecule has 0 aliphatic heterocycles. The number of halogens is 1. The average molecular weight is 370 g/mol. The highest BCUT2D eigenvalue weighted by molar-refractivity contribution is 7.14. The highest BCUT2D eigenvalue weighted by Gasteiger charge is 2.15. The first-order valence-corrected chi connectivity index (χ1v) is 8.51. The van der Waals surface area contributed by atoms with E-state index in [1.807, 2.05) is 19.1 Å². The maximum absolute atomic E-state index is 13.6. The molecule has 0 spiro atoms. The predicted molar refractivity (Wildman–Crippen MR) is 98.0 cm³/mol. The van der Waals surface area contributed by atoms with Gasteiger partial charge in [-0.1, -0.05) is 12.1 Å². The highest BCUT2D eigenvalue weighted by Crippen LogP contribution is 2.32. The van der Waals surface area contributed by atoms with Crippen LogP contribution in [-0.2, 0) is 4.74 Å². The lowest BCUT2D eigenvalue weighted by Crippen LogP contribution is -2.13. The number of nitrogens with zero attached hydrogens (tertiary/aromatic N) is 1. The number of hydrogen-bond donors (Lipinski definition) is 1. The van der Waals surface area contributed by atoms with Crippen molar-refractivity contribution in [2.75, 3.05) is 12.4 Å². The van der Waals surface area contributed by atoms with Gasteiger partial charge in [0, 0.05) is 16.8 Å². The number of nitrogens with one attached hydrogen (secondary N) is 1. The smallest absolute Gasteiger partial charge is 0.348 e. The van der Waals surface area contributed by atoms with E-state index in [2.05, 4.69) is 10.3 Å². The molecule has 0 saturated carbocycles. The molecule has 5 nitrogen and oxygen atoms in total. The van der Waals surface area contributed by atoms with Crippen molar-refractivity contribution >= 4 is 28.9 Å². The number of carbonyl (C=O) groups is 2. The summed E-state index contributed by atoms with van der Waals surface area (Å²) < 4.78 is 18.4. The molecular formula is C19H15FN2O3S. The van der Waals surface area contributed by atoms with Crippen molar-refractivity contribution in [3.8, 4) is 11.1 Å². The van der Waals surface area contributed by atoms with E-state index in [9.17, 15) is 14.0 Å². The quantitative estimate of drug-likeness (QED) is 0.696. The summed E-state index contributed by atoms with van der Waals surface area (Å²) in [6.07, 6.45) is 2.36. The van der Waals surface area contributed by atoms with E-state index in [-0.39, 0.29) is 11.5 Å². The van der Waals surface area contributed by atoms with E-state index < -0.39 is 11.7 Å². The van der Waals surface area contributed by atoms with Crippen molar-refractivity contribution in [2.45, 2.75) is 6.92 Å². The Balaban J connectivity index is 1.79. The van der Waals surface area contributed by atoms with Gasteiger partial charge in [-0.3, -0.25) is 9.78 Å². The van der Waals surface area contributed by atoms with Crippen molar-refractivity contribution in [3.63, 3.8) is 0 Å². The number of amides is 1. The topological polar surface area (TPSA) is 68.3 Å². The third-order valence-electron chi connectivity index (χ3n) is 3.78. The number of benzene rings is 1. The number of aryl methyl sites for hydroxylation is 1. The summed E-state index contributed by atoms with van der Waals surface area (Å²) in [5.74, 6) is -1.59. The zero-order valence-electron chi connectivity index (χ0n) is 14.1. The molecule has 1 amide bonds. The molecule has 26 heavy (non-hydrogen) atoms. The fourth-order valence-electron chi connectivity index (χ4n) is 2.46. The van der Waals surface area contributed by atoms with Gasteiger partial charge in [0.05, 0.1) is 18.9 Å². The zero-order valence-corrected chi connectivity index (χ0v) is 14.9. The van der Waals surface area contributed by atoms with E-state index in [0.717, 1.165) is 22.2 Å². The minimum atomic E-state index is -0.675. The number of anilines is 1. The fourth-order valence-corrected chi connectivity index (χ4v) is 3.42. The SMILES string of the molecule is COC(=O)c1cc(-c2ccc(NC(=O)c3ccncc3F)cc2)c(C)s1. The molecule has 2 heterocycles. The van der Waals surface area contributed by atoms with Crippen LogP contribution in [0.3, 0.4) is 0 Å². The van der Waals surface area contributed by atoms with Crippen molar-refractivity contribution < 1.29 is 18.7 Å². The van der Waals surface area contributed by atoms with Gasteiger partial charge in [0.25, 0.3) is 5.91 Å². The first-order chi connectivity index (χ1) is 12.5. The fraction of sp³-hybridized carbons (Fsp3) is 0.105. The molecule has 0 radical (unpaired) electrons. The summed E-state index contributed by atoms with van der Waals surface area (Å²) in [7, 11) is 1.35. The maximum atomic E-state index is 13.6. The van der Waals surface area contributed by atoms with Gasteiger partial charge in [0.15, 0.2) is 5.82 Å². The van der Waals surface area contributed by atoms with Gasteiger partial charge in [-0.2, -0.15) is 0 Å². The van der Waals surface area contributed by atoms with Crippen LogP contribution in [0.5, 0.6) is 0 Å². The molecule has 3 aromatic rings. The zero-order chi connectivity index (χ0) is 18.7. The van der Waals surface area contributed by atoms with Gasteiger partial charge in [0.1, 0.15) is 4.88 Å². The molecular weight excluding hydrogens is 355 g/mol. The molecule has 0 bridgehead atoms. The summed E-state index contributed by atoms with van der Waals surface area (Å²) in [5.41, 5.74) is 2.30. The minimum Gasteiger partial charge on any atom is -0.465 e. The number of ether oxygens (including phenoxy) is 1. The van der Waals surface area contributed by atoms with E-state index in [1.54, 1.807) is 18.2 Å². The van der Waals surface area contributed by atoms with Crippen LogP contribution in [0.4, 0.5) is 10.1 Å². The molecule has 0 aliphatic rings. The number of esters is 1. The van der Waals surface area contributed by atoms with Crippen molar-refractivity contribution in [3.05, 3.63) is 69.9 Å². The summed E-state index contributed by atoms with van der Waals surface area (Å²) in [6.45, 7) is 1.92. The second-order valence-corrected chi connectivity index (χ2v) is 6.72. The number of rotatable bonds is 4. The molecule has 0 fully saturated rings. The van der Waals surface area contributed by atoms with Gasteiger partial charge in [-0.25, -0.2) is 9.18 Å². The van der Waals surface area contributed by atoms with Gasteiger partial charge >= 0.3 is 5.97 Å². The third kappa shape index (κ3) is 3.62. The number of hydrogen-bond acceptors (Lipinski definition) is 5. The summed E-state index contributed by atoms with van der Waals surface area (Å²) in [5, 5.41) is 2.65. The standard InChI is InChI=1S/C19H15FN2O3S/c1-11-15(9-17(26-11)19(24)25-2)12-3-5-13(6-4-12)22-18(23)14-7-8-21-10-16(14)20/h3-10H,1-2H3,(H,22,23). The van der Waals surface area contributed by atoms with Gasteiger partial charge in [-0.05, 0) is 42.3 Å². The molecule has 3 rings (SSSR count). The van der Waals surface area contributed by atoms with E-state index in [4.69, 9.17) is 4.74 Å². The normalized spacial score (nSPS) is 10.4. The molecule has 0 atom stereocenters. The van der Waals surface area contributed by atoms with Gasteiger partial charge < -0.3 is 10.1 Å². The Bertz CT molecular complexity index is 967. The van der Waals surface area contributed by atoms with Crippen LogP contribution in [0.1, 0.15) is 24.9 Å². The van der Waals surface area contributed by atoms with Gasteiger partial charge in [0.2, 0.25) is 0 Å². The van der Waals surface area contributed by atoms with Crippen molar-refractivity contribution in [1.29, 1.82) is 0 Å². The van der Waals surface area contributed by atoms with Crippen LogP contribution in [0.25, 0.3) is 11.1 Å². The first kappa shape index (κ1) is 17.8. The second kappa shape index (κ2) is 7.45. The number of pyridine rings is 1. The van der Waals surface area contributed by atoms with E-state index in [1.165, 1.54) is 30.7 Å². The van der Waals surface area contributed by atoms with Crippen LogP contribution in [0.15, 0.2) is 48.8 Å². The largest absolute Gasteiger partial charge is 0.465 e. The Hall–Kier alpha value is -3.06. The van der Waals surface area contributed by atoms with Crippen LogP contribution < -0.4 is 5.32 Å². The van der Waals surface area contributed by atoms with Crippen molar-refractivity contribution in [2.24, 2.45) is 0 Å². The Morgan fingerprint density at radius 2 is 1.92 bits per heavy atom. The molecule has 2 aromatic heterocycles. The first-order valence-electron chi connectivity index (χ1n) is 7.69.